The molecule has 0 bridgehead atoms. The first-order chi connectivity index (χ1) is 9.83. The van der Waals surface area contributed by atoms with Crippen LogP contribution in [0.4, 0.5) is 0 Å². The molecule has 116 valence electrons. The van der Waals surface area contributed by atoms with Crippen LogP contribution >= 0.6 is 11.8 Å². The summed E-state index contributed by atoms with van der Waals surface area (Å²) in [7, 11) is 0. The van der Waals surface area contributed by atoms with Crippen molar-refractivity contribution in [2.45, 2.75) is 63.6 Å². The fraction of sp³-hybridized carbons (Fsp3) is 0.588. The van der Waals surface area contributed by atoms with Crippen LogP contribution in [0.15, 0.2) is 23.1 Å². The van der Waals surface area contributed by atoms with Gasteiger partial charge in [0.15, 0.2) is 0 Å². The Kier molecular flexibility index (Phi) is 5.33. The molecule has 0 unspecified atom stereocenters. The van der Waals surface area contributed by atoms with Gasteiger partial charge < -0.3 is 10.1 Å². The maximum absolute atomic E-state index is 11.7. The molecular formula is C17H25NO2S. The Morgan fingerprint density at radius 2 is 2.10 bits per heavy atom. The van der Waals surface area contributed by atoms with E-state index in [-0.39, 0.29) is 5.97 Å². The summed E-state index contributed by atoms with van der Waals surface area (Å²) in [6.07, 6.45) is 2.62. The molecule has 4 heteroatoms. The van der Waals surface area contributed by atoms with Crippen molar-refractivity contribution in [3.8, 4) is 0 Å². The SMILES string of the molecule is Cc1cc(CNC2CC2)ccc1SCC(=O)OC(C)(C)C. The fourth-order valence-electron chi connectivity index (χ4n) is 2.04. The zero-order chi connectivity index (χ0) is 15.5. The van der Waals surface area contributed by atoms with Crippen LogP contribution in [-0.4, -0.2) is 23.4 Å². The van der Waals surface area contributed by atoms with E-state index in [0.29, 0.717) is 5.75 Å². The summed E-state index contributed by atoms with van der Waals surface area (Å²) in [5.74, 6) is 0.198. The van der Waals surface area contributed by atoms with E-state index in [0.717, 1.165) is 17.5 Å². The van der Waals surface area contributed by atoms with E-state index in [2.05, 4.69) is 30.4 Å². The van der Waals surface area contributed by atoms with Gasteiger partial charge in [0.2, 0.25) is 0 Å². The highest BCUT2D eigenvalue weighted by Gasteiger charge is 2.20. The van der Waals surface area contributed by atoms with Gasteiger partial charge >= 0.3 is 5.97 Å². The highest BCUT2D eigenvalue weighted by molar-refractivity contribution is 8.00. The van der Waals surface area contributed by atoms with E-state index in [4.69, 9.17) is 4.74 Å². The number of benzene rings is 1. The molecule has 1 saturated carbocycles. The van der Waals surface area contributed by atoms with Crippen LogP contribution in [0, 0.1) is 6.92 Å². The lowest BCUT2D eigenvalue weighted by atomic mass is 10.1. The lowest BCUT2D eigenvalue weighted by Crippen LogP contribution is -2.24. The third-order valence-corrected chi connectivity index (χ3v) is 4.33. The molecule has 0 saturated heterocycles. The minimum Gasteiger partial charge on any atom is -0.459 e. The molecule has 0 heterocycles. The lowest BCUT2D eigenvalue weighted by Gasteiger charge is -2.19. The maximum atomic E-state index is 11.7. The van der Waals surface area contributed by atoms with E-state index in [1.165, 1.54) is 24.0 Å². The number of carbonyl (C=O) groups is 1. The number of ether oxygens (including phenoxy) is 1. The Hall–Kier alpha value is -1.00. The van der Waals surface area contributed by atoms with Gasteiger partial charge in [-0.15, -0.1) is 11.8 Å². The summed E-state index contributed by atoms with van der Waals surface area (Å²) in [4.78, 5) is 12.9. The first kappa shape index (κ1) is 16.4. The Balaban J connectivity index is 1.83. The van der Waals surface area contributed by atoms with Gasteiger partial charge in [-0.25, -0.2) is 0 Å². The topological polar surface area (TPSA) is 38.3 Å². The number of carbonyl (C=O) groups excluding carboxylic acids is 1. The minimum absolute atomic E-state index is 0.161. The number of hydrogen-bond acceptors (Lipinski definition) is 4. The van der Waals surface area contributed by atoms with Crippen molar-refractivity contribution < 1.29 is 9.53 Å². The lowest BCUT2D eigenvalue weighted by molar-refractivity contribution is -0.151. The van der Waals surface area contributed by atoms with Gasteiger partial charge in [0.25, 0.3) is 0 Å². The zero-order valence-corrected chi connectivity index (χ0v) is 14.2. The molecule has 21 heavy (non-hydrogen) atoms. The second kappa shape index (κ2) is 6.84. The van der Waals surface area contributed by atoms with Gasteiger partial charge in [-0.05, 0) is 57.7 Å². The molecule has 1 aliphatic carbocycles. The van der Waals surface area contributed by atoms with Crippen LogP contribution in [0.3, 0.4) is 0 Å². The predicted molar refractivity (Wildman–Crippen MR) is 87.6 cm³/mol. The third-order valence-electron chi connectivity index (χ3n) is 3.18. The summed E-state index contributed by atoms with van der Waals surface area (Å²) >= 11 is 1.55. The third kappa shape index (κ3) is 6.10. The number of thioether (sulfide) groups is 1. The number of rotatable bonds is 6. The Morgan fingerprint density at radius 1 is 1.38 bits per heavy atom. The molecule has 1 aromatic rings. The molecule has 0 amide bonds. The molecule has 0 radical (unpaired) electrons. The zero-order valence-electron chi connectivity index (χ0n) is 13.4. The van der Waals surface area contributed by atoms with Crippen molar-refractivity contribution >= 4 is 17.7 Å². The monoisotopic (exact) mass is 307 g/mol. The van der Waals surface area contributed by atoms with E-state index >= 15 is 0 Å². The van der Waals surface area contributed by atoms with Crippen LogP contribution in [0.1, 0.15) is 44.7 Å². The van der Waals surface area contributed by atoms with Crippen LogP contribution in [-0.2, 0) is 16.1 Å². The van der Waals surface area contributed by atoms with Gasteiger partial charge in [0.05, 0.1) is 5.75 Å². The van der Waals surface area contributed by atoms with Gasteiger partial charge in [0.1, 0.15) is 5.60 Å². The average Bonchev–Trinajstić information content (AvgIpc) is 3.17. The smallest absolute Gasteiger partial charge is 0.316 e. The van der Waals surface area contributed by atoms with Crippen molar-refractivity contribution in [3.63, 3.8) is 0 Å². The average molecular weight is 307 g/mol. The summed E-state index contributed by atoms with van der Waals surface area (Å²) < 4.78 is 5.33. The van der Waals surface area contributed by atoms with Gasteiger partial charge in [-0.1, -0.05) is 12.1 Å². The first-order valence-corrected chi connectivity index (χ1v) is 8.49. The van der Waals surface area contributed by atoms with E-state index < -0.39 is 5.60 Å². The summed E-state index contributed by atoms with van der Waals surface area (Å²) in [5.41, 5.74) is 2.12. The van der Waals surface area contributed by atoms with Crippen molar-refractivity contribution in [1.82, 2.24) is 5.32 Å². The molecule has 1 fully saturated rings. The van der Waals surface area contributed by atoms with Crippen molar-refractivity contribution in [2.24, 2.45) is 0 Å². The van der Waals surface area contributed by atoms with E-state index in [1.807, 2.05) is 20.8 Å². The normalized spacial score (nSPS) is 15.0. The Labute approximate surface area is 131 Å². The summed E-state index contributed by atoms with van der Waals surface area (Å²) in [6, 6.07) is 7.17. The standard InChI is InChI=1S/C17H25NO2S/c1-12-9-13(10-18-14-6-7-14)5-8-15(12)21-11-16(19)20-17(2,3)4/h5,8-9,14,18H,6-7,10-11H2,1-4H3. The van der Waals surface area contributed by atoms with Crippen LogP contribution in [0.5, 0.6) is 0 Å². The maximum Gasteiger partial charge on any atom is 0.316 e. The molecule has 2 rings (SSSR count). The van der Waals surface area contributed by atoms with Gasteiger partial charge in [-0.3, -0.25) is 4.79 Å². The molecule has 1 N–H and O–H groups in total. The highest BCUT2D eigenvalue weighted by Crippen LogP contribution is 2.25. The van der Waals surface area contributed by atoms with Gasteiger partial charge in [0, 0.05) is 17.5 Å². The van der Waals surface area contributed by atoms with E-state index in [1.54, 1.807) is 11.8 Å². The Morgan fingerprint density at radius 3 is 2.67 bits per heavy atom. The molecule has 0 aromatic heterocycles. The first-order valence-electron chi connectivity index (χ1n) is 7.51. The molecule has 1 aromatic carbocycles. The van der Waals surface area contributed by atoms with E-state index in [9.17, 15) is 4.79 Å². The van der Waals surface area contributed by atoms with Crippen molar-refractivity contribution in [2.75, 3.05) is 5.75 Å². The van der Waals surface area contributed by atoms with Crippen LogP contribution < -0.4 is 5.32 Å². The summed E-state index contributed by atoms with van der Waals surface area (Å²) in [6.45, 7) is 8.70. The van der Waals surface area contributed by atoms with Crippen molar-refractivity contribution in [1.29, 1.82) is 0 Å². The predicted octanol–water partition coefficient (Wildman–Crippen LogP) is 3.68. The van der Waals surface area contributed by atoms with Crippen LogP contribution in [0.2, 0.25) is 0 Å². The van der Waals surface area contributed by atoms with Crippen LogP contribution in [0.25, 0.3) is 0 Å². The number of aryl methyl sites for hydroxylation is 1. The molecule has 0 atom stereocenters. The second-order valence-electron chi connectivity index (χ2n) is 6.63. The van der Waals surface area contributed by atoms with Gasteiger partial charge in [-0.2, -0.15) is 0 Å². The minimum atomic E-state index is -0.412. The summed E-state index contributed by atoms with van der Waals surface area (Å²) in [5, 5.41) is 3.51. The van der Waals surface area contributed by atoms with Crippen molar-refractivity contribution in [3.05, 3.63) is 29.3 Å². The molecule has 0 aliphatic heterocycles. The second-order valence-corrected chi connectivity index (χ2v) is 7.65. The highest BCUT2D eigenvalue weighted by atomic mass is 32.2. The number of esters is 1. The quantitative estimate of drug-likeness (QED) is 0.643. The number of nitrogens with one attached hydrogen (secondary N) is 1. The largest absolute Gasteiger partial charge is 0.459 e. The number of hydrogen-bond donors (Lipinski definition) is 1. The molecule has 3 nitrogen and oxygen atoms in total. The fourth-order valence-corrected chi connectivity index (χ4v) is 2.82. The molecular weight excluding hydrogens is 282 g/mol. The molecule has 1 aliphatic rings. The molecule has 0 spiro atoms. The Bertz CT molecular complexity index is 504.